The predicted octanol–water partition coefficient (Wildman–Crippen LogP) is 4.53. The van der Waals surface area contributed by atoms with Crippen LogP contribution in [-0.4, -0.2) is 12.5 Å². The third-order valence-corrected chi connectivity index (χ3v) is 4.64. The van der Waals surface area contributed by atoms with Gasteiger partial charge in [0.2, 0.25) is 0 Å². The number of aryl methyl sites for hydroxylation is 1. The van der Waals surface area contributed by atoms with E-state index in [0.717, 1.165) is 21.2 Å². The molecule has 0 heterocycles. The molecule has 0 aliphatic rings. The number of carbonyl (C=O) groups excluding carboxylic acids is 1. The number of benzene rings is 2. The van der Waals surface area contributed by atoms with Crippen LogP contribution in [0.3, 0.4) is 0 Å². The van der Waals surface area contributed by atoms with Crippen molar-refractivity contribution in [2.45, 2.75) is 20.8 Å². The summed E-state index contributed by atoms with van der Waals surface area (Å²) in [5, 5.41) is 2.60. The zero-order valence-corrected chi connectivity index (χ0v) is 14.3. The maximum absolute atomic E-state index is 13.1. The largest absolute Gasteiger partial charge is 0.483 e. The molecule has 5 heteroatoms. The Balaban J connectivity index is 2.03. The van der Waals surface area contributed by atoms with Gasteiger partial charge in [0.05, 0.1) is 0 Å². The highest BCUT2D eigenvalue weighted by Gasteiger charge is 2.11. The van der Waals surface area contributed by atoms with Crippen molar-refractivity contribution in [1.29, 1.82) is 0 Å². The van der Waals surface area contributed by atoms with E-state index in [1.54, 1.807) is 6.07 Å². The van der Waals surface area contributed by atoms with Gasteiger partial charge in [0.1, 0.15) is 11.6 Å². The summed E-state index contributed by atoms with van der Waals surface area (Å²) in [4.78, 5) is 11.9. The molecule has 0 aliphatic carbocycles. The maximum Gasteiger partial charge on any atom is 0.262 e. The van der Waals surface area contributed by atoms with E-state index in [1.807, 2.05) is 26.8 Å². The summed E-state index contributed by atoms with van der Waals surface area (Å²) in [5.74, 6) is -0.0514. The standard InChI is InChI=1S/C17H17BrFNO2/c1-10-7-15(11(2)12(3)17(10)18)22-9-16(21)20-14-6-4-5-13(19)8-14/h4-8H,9H2,1-3H3,(H,20,21). The van der Waals surface area contributed by atoms with Crippen molar-refractivity contribution >= 4 is 27.5 Å². The van der Waals surface area contributed by atoms with Gasteiger partial charge in [-0.3, -0.25) is 4.79 Å². The summed E-state index contributed by atoms with van der Waals surface area (Å²) in [6.07, 6.45) is 0. The van der Waals surface area contributed by atoms with Gasteiger partial charge in [-0.2, -0.15) is 0 Å². The van der Waals surface area contributed by atoms with E-state index in [0.29, 0.717) is 11.4 Å². The molecule has 0 radical (unpaired) electrons. The number of hydrogen-bond acceptors (Lipinski definition) is 2. The summed E-state index contributed by atoms with van der Waals surface area (Å²) >= 11 is 3.52. The molecule has 1 amide bonds. The number of anilines is 1. The van der Waals surface area contributed by atoms with Crippen molar-refractivity contribution in [1.82, 2.24) is 0 Å². The molecule has 0 saturated carbocycles. The Labute approximate surface area is 137 Å². The minimum Gasteiger partial charge on any atom is -0.483 e. The van der Waals surface area contributed by atoms with Crippen LogP contribution in [0, 0.1) is 26.6 Å². The zero-order valence-electron chi connectivity index (χ0n) is 12.7. The first-order valence-corrected chi connectivity index (χ1v) is 7.62. The zero-order chi connectivity index (χ0) is 16.3. The normalized spacial score (nSPS) is 10.4. The van der Waals surface area contributed by atoms with Crippen LogP contribution in [0.25, 0.3) is 0 Å². The van der Waals surface area contributed by atoms with Crippen LogP contribution in [0.1, 0.15) is 16.7 Å². The molecular formula is C17H17BrFNO2. The van der Waals surface area contributed by atoms with Gasteiger partial charge in [0.15, 0.2) is 6.61 Å². The molecule has 0 aliphatic heterocycles. The fourth-order valence-corrected chi connectivity index (χ4v) is 2.48. The van der Waals surface area contributed by atoms with Gasteiger partial charge in [0, 0.05) is 10.2 Å². The summed E-state index contributed by atoms with van der Waals surface area (Å²) in [5.41, 5.74) is 3.52. The fourth-order valence-electron chi connectivity index (χ4n) is 2.07. The van der Waals surface area contributed by atoms with Crippen molar-refractivity contribution in [3.63, 3.8) is 0 Å². The highest BCUT2D eigenvalue weighted by atomic mass is 79.9. The van der Waals surface area contributed by atoms with Crippen LogP contribution in [0.2, 0.25) is 0 Å². The van der Waals surface area contributed by atoms with Crippen LogP contribution in [-0.2, 0) is 4.79 Å². The Hall–Kier alpha value is -1.88. The Kier molecular flexibility index (Phi) is 5.19. The van der Waals surface area contributed by atoms with E-state index >= 15 is 0 Å². The smallest absolute Gasteiger partial charge is 0.262 e. The number of halogens is 2. The quantitative estimate of drug-likeness (QED) is 0.864. The average Bonchev–Trinajstić information content (AvgIpc) is 2.47. The SMILES string of the molecule is Cc1cc(OCC(=O)Nc2cccc(F)c2)c(C)c(C)c1Br. The fraction of sp³-hybridized carbons (Fsp3) is 0.235. The molecular weight excluding hydrogens is 349 g/mol. The van der Waals surface area contributed by atoms with Crippen LogP contribution in [0.4, 0.5) is 10.1 Å². The molecule has 3 nitrogen and oxygen atoms in total. The van der Waals surface area contributed by atoms with Gasteiger partial charge in [-0.15, -0.1) is 0 Å². The molecule has 2 rings (SSSR count). The minimum absolute atomic E-state index is 0.127. The molecule has 0 fully saturated rings. The van der Waals surface area contributed by atoms with E-state index in [4.69, 9.17) is 4.74 Å². The topological polar surface area (TPSA) is 38.3 Å². The van der Waals surface area contributed by atoms with E-state index in [9.17, 15) is 9.18 Å². The molecule has 0 spiro atoms. The van der Waals surface area contributed by atoms with Gasteiger partial charge < -0.3 is 10.1 Å². The van der Waals surface area contributed by atoms with E-state index < -0.39 is 5.82 Å². The van der Waals surface area contributed by atoms with Gasteiger partial charge in [-0.05, 0) is 61.7 Å². The Morgan fingerprint density at radius 1 is 1.23 bits per heavy atom. The highest BCUT2D eigenvalue weighted by molar-refractivity contribution is 9.10. The van der Waals surface area contributed by atoms with Crippen molar-refractivity contribution in [3.05, 3.63) is 57.3 Å². The first-order chi connectivity index (χ1) is 10.4. The van der Waals surface area contributed by atoms with E-state index in [2.05, 4.69) is 21.2 Å². The van der Waals surface area contributed by atoms with Gasteiger partial charge >= 0.3 is 0 Å². The second-order valence-electron chi connectivity index (χ2n) is 5.10. The summed E-state index contributed by atoms with van der Waals surface area (Å²) < 4.78 is 19.7. The van der Waals surface area contributed by atoms with Crippen LogP contribution < -0.4 is 10.1 Å². The Morgan fingerprint density at radius 3 is 2.64 bits per heavy atom. The summed E-state index contributed by atoms with van der Waals surface area (Å²) in [6.45, 7) is 5.78. The Morgan fingerprint density at radius 2 is 1.95 bits per heavy atom. The number of rotatable bonds is 4. The molecule has 22 heavy (non-hydrogen) atoms. The molecule has 116 valence electrons. The predicted molar refractivity (Wildman–Crippen MR) is 88.9 cm³/mol. The average molecular weight is 366 g/mol. The molecule has 2 aromatic carbocycles. The number of amides is 1. The lowest BCUT2D eigenvalue weighted by atomic mass is 10.1. The lowest BCUT2D eigenvalue weighted by molar-refractivity contribution is -0.118. The molecule has 0 atom stereocenters. The second kappa shape index (κ2) is 6.92. The van der Waals surface area contributed by atoms with Gasteiger partial charge in [-0.1, -0.05) is 22.0 Å². The lowest BCUT2D eigenvalue weighted by Crippen LogP contribution is -2.20. The molecule has 0 aromatic heterocycles. The van der Waals surface area contributed by atoms with Crippen LogP contribution >= 0.6 is 15.9 Å². The first-order valence-electron chi connectivity index (χ1n) is 6.83. The molecule has 0 unspecified atom stereocenters. The third-order valence-electron chi connectivity index (χ3n) is 3.42. The van der Waals surface area contributed by atoms with Gasteiger partial charge in [0.25, 0.3) is 5.91 Å². The lowest BCUT2D eigenvalue weighted by Gasteiger charge is -2.14. The molecule has 2 aromatic rings. The highest BCUT2D eigenvalue weighted by Crippen LogP contribution is 2.31. The minimum atomic E-state index is -0.395. The third kappa shape index (κ3) is 3.85. The molecule has 0 saturated heterocycles. The number of hydrogen-bond donors (Lipinski definition) is 1. The summed E-state index contributed by atoms with van der Waals surface area (Å²) in [7, 11) is 0. The van der Waals surface area contributed by atoms with Crippen LogP contribution in [0.15, 0.2) is 34.8 Å². The summed E-state index contributed by atoms with van der Waals surface area (Å²) in [6, 6.07) is 7.64. The second-order valence-corrected chi connectivity index (χ2v) is 5.90. The number of carbonyl (C=O) groups is 1. The van der Waals surface area contributed by atoms with E-state index in [-0.39, 0.29) is 12.5 Å². The van der Waals surface area contributed by atoms with Crippen LogP contribution in [0.5, 0.6) is 5.75 Å². The maximum atomic E-state index is 13.1. The number of nitrogens with one attached hydrogen (secondary N) is 1. The van der Waals surface area contributed by atoms with E-state index in [1.165, 1.54) is 18.2 Å². The molecule has 1 N–H and O–H groups in total. The first kappa shape index (κ1) is 16.5. The molecule has 0 bridgehead atoms. The van der Waals surface area contributed by atoms with Crippen molar-refractivity contribution in [3.8, 4) is 5.75 Å². The van der Waals surface area contributed by atoms with Crippen molar-refractivity contribution < 1.29 is 13.9 Å². The number of ether oxygens (including phenoxy) is 1. The Bertz CT molecular complexity index is 716. The van der Waals surface area contributed by atoms with Crippen molar-refractivity contribution in [2.75, 3.05) is 11.9 Å². The van der Waals surface area contributed by atoms with Crippen molar-refractivity contribution in [2.24, 2.45) is 0 Å². The monoisotopic (exact) mass is 365 g/mol. The van der Waals surface area contributed by atoms with Gasteiger partial charge in [-0.25, -0.2) is 4.39 Å².